The maximum absolute atomic E-state index is 14.0. The summed E-state index contributed by atoms with van der Waals surface area (Å²) in [5.41, 5.74) is 0.880. The lowest BCUT2D eigenvalue weighted by Crippen LogP contribution is -2.37. The molecule has 5 nitrogen and oxygen atoms in total. The third-order valence-electron chi connectivity index (χ3n) is 4.71. The number of anilines is 1. The van der Waals surface area contributed by atoms with E-state index in [1.165, 1.54) is 30.0 Å². The number of aliphatic imine (C=N–C) groups is 1. The summed E-state index contributed by atoms with van der Waals surface area (Å²) in [5, 5.41) is 0.429. The number of hydrogen-bond acceptors (Lipinski definition) is 4. The van der Waals surface area contributed by atoms with Gasteiger partial charge in [0.05, 0.1) is 24.0 Å². The number of carbonyl (C=O) groups excluding carboxylic acids is 1. The van der Waals surface area contributed by atoms with Crippen molar-refractivity contribution in [2.24, 2.45) is 4.99 Å². The van der Waals surface area contributed by atoms with Gasteiger partial charge in [0.1, 0.15) is 5.82 Å². The van der Waals surface area contributed by atoms with Crippen molar-refractivity contribution in [1.82, 2.24) is 0 Å². The van der Waals surface area contributed by atoms with Gasteiger partial charge in [-0.15, -0.1) is 0 Å². The summed E-state index contributed by atoms with van der Waals surface area (Å²) in [6.45, 7) is 0. The number of amidine groups is 1. The van der Waals surface area contributed by atoms with Crippen LogP contribution in [-0.4, -0.2) is 42.3 Å². The van der Waals surface area contributed by atoms with Gasteiger partial charge in [-0.25, -0.2) is 12.8 Å². The highest BCUT2D eigenvalue weighted by Crippen LogP contribution is 2.40. The van der Waals surface area contributed by atoms with Crippen molar-refractivity contribution in [3.05, 3.63) is 64.9 Å². The predicted molar refractivity (Wildman–Crippen MR) is 110 cm³/mol. The number of nitrogens with zero attached hydrogens (tertiary/aromatic N) is 2. The normalized spacial score (nSPS) is 24.5. The minimum atomic E-state index is -3.13. The fourth-order valence-corrected chi connectivity index (χ4v) is 7.61. The molecule has 28 heavy (non-hydrogen) atoms. The lowest BCUT2D eigenvalue weighted by atomic mass is 10.1. The van der Waals surface area contributed by atoms with Gasteiger partial charge in [0.25, 0.3) is 5.91 Å². The Morgan fingerprint density at radius 3 is 2.64 bits per heavy atom. The molecule has 2 heterocycles. The molecule has 2 saturated heterocycles. The second kappa shape index (κ2) is 7.50. The monoisotopic (exact) mass is 438 g/mol. The van der Waals surface area contributed by atoms with E-state index in [1.807, 2.05) is 30.3 Å². The van der Waals surface area contributed by atoms with E-state index in [1.54, 1.807) is 4.90 Å². The number of hydrogen-bond donors (Lipinski definition) is 0. The molecule has 2 aromatic carbocycles. The number of fused-ring (bicyclic) bond motifs is 1. The van der Waals surface area contributed by atoms with Gasteiger partial charge in [0, 0.05) is 21.5 Å². The van der Waals surface area contributed by atoms with Crippen LogP contribution in [0.4, 0.5) is 10.1 Å². The van der Waals surface area contributed by atoms with Crippen LogP contribution in [-0.2, 0) is 21.1 Å². The molecule has 0 radical (unpaired) electrons. The summed E-state index contributed by atoms with van der Waals surface area (Å²) in [4.78, 5) is 18.5. The molecule has 146 valence electrons. The summed E-state index contributed by atoms with van der Waals surface area (Å²) < 4.78 is 38.1. The van der Waals surface area contributed by atoms with Crippen LogP contribution in [0.1, 0.15) is 5.56 Å². The first-order valence-electron chi connectivity index (χ1n) is 8.60. The molecule has 2 aliphatic heterocycles. The average molecular weight is 439 g/mol. The van der Waals surface area contributed by atoms with Gasteiger partial charge in [-0.3, -0.25) is 4.79 Å². The van der Waals surface area contributed by atoms with Crippen molar-refractivity contribution < 1.29 is 17.6 Å². The van der Waals surface area contributed by atoms with E-state index in [9.17, 15) is 17.6 Å². The molecule has 9 heteroatoms. The molecule has 0 bridgehead atoms. The van der Waals surface area contributed by atoms with Crippen molar-refractivity contribution in [2.45, 2.75) is 17.7 Å². The van der Waals surface area contributed by atoms with Gasteiger partial charge in [-0.2, -0.15) is 4.99 Å². The Hall–Kier alpha value is -1.90. The van der Waals surface area contributed by atoms with Crippen LogP contribution in [0.25, 0.3) is 0 Å². The standard InChI is InChI=1S/C19H16ClFN2O3S2/c20-14-7-4-8-15(21)13(14)9-18(24)22-19-23(12-5-2-1-3-6-12)16-10-28(25,26)11-17(16)27-19/h1-8,16-17H,9-11H2/t16-,17-/m0/s1. The van der Waals surface area contributed by atoms with E-state index in [0.29, 0.717) is 5.17 Å². The van der Waals surface area contributed by atoms with Gasteiger partial charge >= 0.3 is 0 Å². The second-order valence-corrected chi connectivity index (χ2v) is 10.4. The van der Waals surface area contributed by atoms with Crippen LogP contribution in [0.5, 0.6) is 0 Å². The highest BCUT2D eigenvalue weighted by Gasteiger charge is 2.49. The van der Waals surface area contributed by atoms with Crippen LogP contribution < -0.4 is 4.90 Å². The van der Waals surface area contributed by atoms with Gasteiger partial charge in [0.2, 0.25) is 0 Å². The zero-order valence-electron chi connectivity index (χ0n) is 14.6. The van der Waals surface area contributed by atoms with E-state index < -0.39 is 21.6 Å². The molecule has 2 fully saturated rings. The molecule has 0 spiro atoms. The first-order chi connectivity index (χ1) is 13.3. The van der Waals surface area contributed by atoms with E-state index in [4.69, 9.17) is 11.6 Å². The Balaban J connectivity index is 1.65. The Morgan fingerprint density at radius 1 is 1.18 bits per heavy atom. The van der Waals surface area contributed by atoms with Gasteiger partial charge in [-0.05, 0) is 24.3 Å². The van der Waals surface area contributed by atoms with Crippen molar-refractivity contribution >= 4 is 50.0 Å². The zero-order chi connectivity index (χ0) is 19.9. The average Bonchev–Trinajstić information content (AvgIpc) is 3.09. The summed E-state index contributed by atoms with van der Waals surface area (Å²) in [6.07, 6.45) is -0.258. The number of amides is 1. The largest absolute Gasteiger partial charge is 0.316 e. The summed E-state index contributed by atoms with van der Waals surface area (Å²) in [6, 6.07) is 13.2. The zero-order valence-corrected chi connectivity index (χ0v) is 17.0. The minimum absolute atomic E-state index is 0.0198. The summed E-state index contributed by atoms with van der Waals surface area (Å²) in [7, 11) is -3.13. The lowest BCUT2D eigenvalue weighted by Gasteiger charge is -2.24. The SMILES string of the molecule is O=C(Cc1c(F)cccc1Cl)N=C1S[C@H]2CS(=O)(=O)C[C@@H]2N1c1ccccc1. The van der Waals surface area contributed by atoms with Gasteiger partial charge in [-0.1, -0.05) is 47.6 Å². The maximum Gasteiger partial charge on any atom is 0.252 e. The topological polar surface area (TPSA) is 66.8 Å². The second-order valence-electron chi connectivity index (χ2n) is 6.67. The van der Waals surface area contributed by atoms with Crippen molar-refractivity contribution in [3.63, 3.8) is 0 Å². The lowest BCUT2D eigenvalue weighted by molar-refractivity contribution is -0.117. The third-order valence-corrected chi connectivity index (χ3v) is 8.27. The summed E-state index contributed by atoms with van der Waals surface area (Å²) >= 11 is 7.28. The molecule has 4 rings (SSSR count). The Kier molecular flexibility index (Phi) is 5.20. The number of rotatable bonds is 3. The molecule has 2 aromatic rings. The number of halogens is 2. The van der Waals surface area contributed by atoms with Crippen molar-refractivity contribution in [2.75, 3.05) is 16.4 Å². The van der Waals surface area contributed by atoms with E-state index >= 15 is 0 Å². The number of para-hydroxylation sites is 1. The van der Waals surface area contributed by atoms with E-state index in [0.717, 1.165) is 5.69 Å². The molecule has 2 atom stereocenters. The molecule has 1 amide bonds. The van der Waals surface area contributed by atoms with Gasteiger partial charge < -0.3 is 4.90 Å². The molecule has 0 saturated carbocycles. The Labute approximate surface area is 171 Å². The van der Waals surface area contributed by atoms with E-state index in [2.05, 4.69) is 4.99 Å². The number of sulfone groups is 1. The smallest absolute Gasteiger partial charge is 0.252 e. The quantitative estimate of drug-likeness (QED) is 0.735. The predicted octanol–water partition coefficient (Wildman–Crippen LogP) is 3.32. The number of thioether (sulfide) groups is 1. The summed E-state index contributed by atoms with van der Waals surface area (Å²) in [5.74, 6) is -1.01. The van der Waals surface area contributed by atoms with Crippen LogP contribution in [0, 0.1) is 5.82 Å². The van der Waals surface area contributed by atoms with Crippen molar-refractivity contribution in [3.8, 4) is 0 Å². The Morgan fingerprint density at radius 2 is 1.93 bits per heavy atom. The molecule has 2 aliphatic rings. The minimum Gasteiger partial charge on any atom is -0.316 e. The van der Waals surface area contributed by atoms with Gasteiger partial charge in [0.15, 0.2) is 15.0 Å². The van der Waals surface area contributed by atoms with Crippen LogP contribution in [0.15, 0.2) is 53.5 Å². The number of benzene rings is 2. The molecule has 0 N–H and O–H groups in total. The highest BCUT2D eigenvalue weighted by molar-refractivity contribution is 8.16. The fraction of sp³-hybridized carbons (Fsp3) is 0.263. The molecule has 0 unspecified atom stereocenters. The molecular weight excluding hydrogens is 423 g/mol. The highest BCUT2D eigenvalue weighted by atomic mass is 35.5. The van der Waals surface area contributed by atoms with Crippen LogP contribution in [0.3, 0.4) is 0 Å². The Bertz CT molecular complexity index is 1040. The van der Waals surface area contributed by atoms with Crippen molar-refractivity contribution in [1.29, 1.82) is 0 Å². The number of carbonyl (C=O) groups is 1. The van der Waals surface area contributed by atoms with Crippen LogP contribution in [0.2, 0.25) is 5.02 Å². The maximum atomic E-state index is 14.0. The first-order valence-corrected chi connectivity index (χ1v) is 11.7. The third kappa shape index (κ3) is 3.81. The first kappa shape index (κ1) is 19.4. The molecule has 0 aromatic heterocycles. The fourth-order valence-electron chi connectivity index (χ4n) is 3.45. The van der Waals surface area contributed by atoms with E-state index in [-0.39, 0.29) is 39.8 Å². The molecular formula is C19H16ClFN2O3S2. The van der Waals surface area contributed by atoms with Crippen LogP contribution >= 0.6 is 23.4 Å². The molecule has 0 aliphatic carbocycles.